The van der Waals surface area contributed by atoms with Gasteiger partial charge in [-0.25, -0.2) is 0 Å². The number of nitrogens with zero attached hydrogens (tertiary/aromatic N) is 1. The number of nitrogens with one attached hydrogen (secondary N) is 1. The van der Waals surface area contributed by atoms with E-state index in [1.165, 1.54) is 0 Å². The normalized spacial score (nSPS) is 14.5. The Bertz CT molecular complexity index is 292. The molecule has 0 bridgehead atoms. The Labute approximate surface area is 116 Å². The van der Waals surface area contributed by atoms with Crippen LogP contribution in [0.2, 0.25) is 0 Å². The van der Waals surface area contributed by atoms with Crippen LogP contribution < -0.4 is 5.32 Å². The molecule has 0 aromatic rings. The summed E-state index contributed by atoms with van der Waals surface area (Å²) >= 11 is 0. The van der Waals surface area contributed by atoms with Crippen LogP contribution in [0.4, 0.5) is 0 Å². The van der Waals surface area contributed by atoms with Crippen molar-refractivity contribution in [2.24, 2.45) is 11.8 Å². The fourth-order valence-corrected chi connectivity index (χ4v) is 1.83. The number of amides is 1. The van der Waals surface area contributed by atoms with Crippen LogP contribution in [0.25, 0.3) is 0 Å². The summed E-state index contributed by atoms with van der Waals surface area (Å²) in [5.41, 5.74) is 0. The van der Waals surface area contributed by atoms with Gasteiger partial charge in [0.25, 0.3) is 0 Å². The molecule has 5 heteroatoms. The van der Waals surface area contributed by atoms with Crippen LogP contribution in [0.15, 0.2) is 0 Å². The zero-order valence-corrected chi connectivity index (χ0v) is 12.8. The highest BCUT2D eigenvalue weighted by molar-refractivity contribution is 5.78. The van der Waals surface area contributed by atoms with Crippen molar-refractivity contribution in [3.05, 3.63) is 0 Å². The van der Waals surface area contributed by atoms with Crippen molar-refractivity contribution >= 4 is 11.9 Å². The standard InChI is InChI=1S/C14H28N2O3/c1-10(2)6-7-12(4)15-13(17)9-16(5)8-11(3)14(18)19/h10-12H,6-9H2,1-5H3,(H,15,17)(H,18,19). The van der Waals surface area contributed by atoms with Crippen LogP contribution in [-0.4, -0.2) is 48.1 Å². The SMILES string of the molecule is CC(C)CCC(C)NC(=O)CN(C)CC(C)C(=O)O. The molecule has 0 aliphatic carbocycles. The number of carbonyl (C=O) groups is 2. The summed E-state index contributed by atoms with van der Waals surface area (Å²) in [6, 6.07) is 0.167. The van der Waals surface area contributed by atoms with Gasteiger partial charge in [0.15, 0.2) is 0 Å². The zero-order valence-electron chi connectivity index (χ0n) is 12.8. The lowest BCUT2D eigenvalue weighted by Gasteiger charge is -2.20. The van der Waals surface area contributed by atoms with Crippen molar-refractivity contribution in [2.75, 3.05) is 20.1 Å². The number of carbonyl (C=O) groups excluding carboxylic acids is 1. The van der Waals surface area contributed by atoms with Crippen LogP contribution >= 0.6 is 0 Å². The number of carboxylic acid groups (broad SMARTS) is 1. The van der Waals surface area contributed by atoms with Crippen molar-refractivity contribution in [3.63, 3.8) is 0 Å². The molecule has 0 heterocycles. The maximum Gasteiger partial charge on any atom is 0.307 e. The molecule has 112 valence electrons. The average Bonchev–Trinajstić information content (AvgIpc) is 2.25. The van der Waals surface area contributed by atoms with Gasteiger partial charge in [0, 0.05) is 12.6 Å². The third-order valence-electron chi connectivity index (χ3n) is 3.01. The monoisotopic (exact) mass is 272 g/mol. The smallest absolute Gasteiger partial charge is 0.307 e. The van der Waals surface area contributed by atoms with Gasteiger partial charge >= 0.3 is 5.97 Å². The summed E-state index contributed by atoms with van der Waals surface area (Å²) in [4.78, 5) is 24.2. The van der Waals surface area contributed by atoms with Gasteiger partial charge in [-0.3, -0.25) is 14.5 Å². The van der Waals surface area contributed by atoms with Gasteiger partial charge < -0.3 is 10.4 Å². The lowest BCUT2D eigenvalue weighted by atomic mass is 10.0. The van der Waals surface area contributed by atoms with E-state index in [9.17, 15) is 9.59 Å². The Morgan fingerprint density at radius 1 is 1.16 bits per heavy atom. The molecule has 19 heavy (non-hydrogen) atoms. The summed E-state index contributed by atoms with van der Waals surface area (Å²) in [5.74, 6) is -0.705. The Hall–Kier alpha value is -1.10. The van der Waals surface area contributed by atoms with Crippen molar-refractivity contribution in [1.82, 2.24) is 10.2 Å². The minimum atomic E-state index is -0.836. The molecule has 2 unspecified atom stereocenters. The first-order valence-electron chi connectivity index (χ1n) is 6.93. The maximum atomic E-state index is 11.8. The van der Waals surface area contributed by atoms with E-state index in [4.69, 9.17) is 5.11 Å². The van der Waals surface area contributed by atoms with Gasteiger partial charge in [-0.2, -0.15) is 0 Å². The Balaban J connectivity index is 3.93. The van der Waals surface area contributed by atoms with Crippen LogP contribution in [-0.2, 0) is 9.59 Å². The van der Waals surface area contributed by atoms with Crippen molar-refractivity contribution in [1.29, 1.82) is 0 Å². The molecule has 0 aliphatic heterocycles. The second-order valence-corrected chi connectivity index (χ2v) is 5.88. The molecule has 0 saturated heterocycles. The first kappa shape index (κ1) is 17.9. The van der Waals surface area contributed by atoms with E-state index in [-0.39, 0.29) is 18.5 Å². The number of likely N-dealkylation sites (N-methyl/N-ethyl adjacent to an activating group) is 1. The molecule has 2 atom stereocenters. The molecule has 1 amide bonds. The van der Waals surface area contributed by atoms with Crippen LogP contribution in [0, 0.1) is 11.8 Å². The van der Waals surface area contributed by atoms with E-state index >= 15 is 0 Å². The molecule has 0 aliphatic rings. The number of rotatable bonds is 9. The van der Waals surface area contributed by atoms with Gasteiger partial charge in [-0.15, -0.1) is 0 Å². The molecular weight excluding hydrogens is 244 g/mol. The minimum absolute atomic E-state index is 0.0451. The van der Waals surface area contributed by atoms with Gasteiger partial charge in [0.05, 0.1) is 12.5 Å². The maximum absolute atomic E-state index is 11.8. The topological polar surface area (TPSA) is 69.6 Å². The average molecular weight is 272 g/mol. The lowest BCUT2D eigenvalue weighted by molar-refractivity contribution is -0.142. The van der Waals surface area contributed by atoms with Gasteiger partial charge in [0.1, 0.15) is 0 Å². The number of hydrogen-bond donors (Lipinski definition) is 2. The third kappa shape index (κ3) is 9.47. The van der Waals surface area contributed by atoms with Crippen molar-refractivity contribution in [2.45, 2.75) is 46.6 Å². The summed E-state index contributed by atoms with van der Waals surface area (Å²) in [6.07, 6.45) is 2.06. The Morgan fingerprint density at radius 2 is 1.74 bits per heavy atom. The highest BCUT2D eigenvalue weighted by atomic mass is 16.4. The van der Waals surface area contributed by atoms with E-state index in [1.54, 1.807) is 18.9 Å². The third-order valence-corrected chi connectivity index (χ3v) is 3.01. The van der Waals surface area contributed by atoms with Crippen molar-refractivity contribution < 1.29 is 14.7 Å². The molecule has 0 aromatic carbocycles. The quantitative estimate of drug-likeness (QED) is 0.668. The fourth-order valence-electron chi connectivity index (χ4n) is 1.83. The van der Waals surface area contributed by atoms with E-state index in [0.717, 1.165) is 12.8 Å². The van der Waals surface area contributed by atoms with Gasteiger partial charge in [-0.05, 0) is 32.7 Å². The predicted molar refractivity (Wildman–Crippen MR) is 76.0 cm³/mol. The summed E-state index contributed by atoms with van der Waals surface area (Å²) < 4.78 is 0. The molecule has 0 fully saturated rings. The molecule has 0 rings (SSSR count). The molecule has 2 N–H and O–H groups in total. The summed E-state index contributed by atoms with van der Waals surface area (Å²) in [5, 5.41) is 11.7. The molecule has 0 saturated carbocycles. The Kier molecular flexibility index (Phi) is 8.39. The van der Waals surface area contributed by atoms with E-state index in [2.05, 4.69) is 19.2 Å². The predicted octanol–water partition coefficient (Wildman–Crippen LogP) is 1.58. The Morgan fingerprint density at radius 3 is 2.21 bits per heavy atom. The number of hydrogen-bond acceptors (Lipinski definition) is 3. The molecular formula is C14H28N2O3. The van der Waals surface area contributed by atoms with E-state index in [0.29, 0.717) is 12.5 Å². The van der Waals surface area contributed by atoms with Gasteiger partial charge in [0.2, 0.25) is 5.91 Å². The van der Waals surface area contributed by atoms with Crippen LogP contribution in [0.5, 0.6) is 0 Å². The van der Waals surface area contributed by atoms with Gasteiger partial charge in [-0.1, -0.05) is 20.8 Å². The van der Waals surface area contributed by atoms with Crippen molar-refractivity contribution in [3.8, 4) is 0 Å². The second-order valence-electron chi connectivity index (χ2n) is 5.88. The van der Waals surface area contributed by atoms with E-state index < -0.39 is 11.9 Å². The molecule has 0 aromatic heterocycles. The second kappa shape index (κ2) is 8.91. The number of carboxylic acids is 1. The number of aliphatic carboxylic acids is 1. The van der Waals surface area contributed by atoms with E-state index in [1.807, 2.05) is 6.92 Å². The first-order chi connectivity index (χ1) is 8.72. The molecule has 0 radical (unpaired) electrons. The molecule has 0 spiro atoms. The lowest BCUT2D eigenvalue weighted by Crippen LogP contribution is -2.41. The van der Waals surface area contributed by atoms with Crippen LogP contribution in [0.1, 0.15) is 40.5 Å². The first-order valence-corrected chi connectivity index (χ1v) is 6.93. The van der Waals surface area contributed by atoms with Crippen LogP contribution in [0.3, 0.4) is 0 Å². The highest BCUT2D eigenvalue weighted by Crippen LogP contribution is 2.06. The fraction of sp³-hybridized carbons (Fsp3) is 0.857. The highest BCUT2D eigenvalue weighted by Gasteiger charge is 2.16. The minimum Gasteiger partial charge on any atom is -0.481 e. The zero-order chi connectivity index (χ0) is 15.0. The largest absolute Gasteiger partial charge is 0.481 e. The summed E-state index contributed by atoms with van der Waals surface area (Å²) in [7, 11) is 1.76. The summed E-state index contributed by atoms with van der Waals surface area (Å²) in [6.45, 7) is 8.58. The molecule has 5 nitrogen and oxygen atoms in total.